The molecule has 0 aromatic heterocycles. The van der Waals surface area contributed by atoms with E-state index in [1.54, 1.807) is 0 Å². The molecule has 0 heterocycles. The maximum absolute atomic E-state index is 6.01. The molecule has 0 atom stereocenters. The van der Waals surface area contributed by atoms with Gasteiger partial charge in [-0.05, 0) is 37.8 Å². The molecule has 0 aromatic carbocycles. The quantitative estimate of drug-likeness (QED) is 0.657. The van der Waals surface area contributed by atoms with E-state index in [-0.39, 0.29) is 0 Å². The van der Waals surface area contributed by atoms with Crippen LogP contribution in [0.1, 0.15) is 38.5 Å². The molecule has 1 saturated carbocycles. The van der Waals surface area contributed by atoms with E-state index in [2.05, 4.69) is 18.1 Å². The number of nitrogens with zero attached hydrogens (tertiary/aromatic N) is 1. The molecule has 2 nitrogen and oxygen atoms in total. The second-order valence-corrected chi connectivity index (χ2v) is 5.35. The summed E-state index contributed by atoms with van der Waals surface area (Å²) in [4.78, 5) is 2.39. The monoisotopic (exact) mass is 236 g/mol. The van der Waals surface area contributed by atoms with Gasteiger partial charge in [0.2, 0.25) is 0 Å². The third-order valence-electron chi connectivity index (χ3n) is 4.08. The van der Waals surface area contributed by atoms with Crippen LogP contribution in [0.2, 0.25) is 0 Å². The fourth-order valence-corrected chi connectivity index (χ4v) is 2.88. The number of nitrogens with two attached hydrogens (primary N) is 1. The van der Waals surface area contributed by atoms with E-state index in [0.717, 1.165) is 26.2 Å². The molecule has 0 radical (unpaired) electrons. The summed E-state index contributed by atoms with van der Waals surface area (Å²) in [5.41, 5.74) is 6.43. The molecular formula is C15H28N2. The number of hydrogen-bond acceptors (Lipinski definition) is 2. The van der Waals surface area contributed by atoms with Crippen LogP contribution in [0.4, 0.5) is 0 Å². The van der Waals surface area contributed by atoms with Gasteiger partial charge in [-0.15, -0.1) is 13.2 Å². The predicted octanol–water partition coefficient (Wildman–Crippen LogP) is 2.96. The van der Waals surface area contributed by atoms with Crippen molar-refractivity contribution < 1.29 is 0 Å². The van der Waals surface area contributed by atoms with Gasteiger partial charge in [-0.3, -0.25) is 4.90 Å². The fourth-order valence-electron chi connectivity index (χ4n) is 2.88. The summed E-state index contributed by atoms with van der Waals surface area (Å²) in [7, 11) is 0. The molecule has 0 bridgehead atoms. The first-order valence-electron chi connectivity index (χ1n) is 6.90. The second-order valence-electron chi connectivity index (χ2n) is 5.35. The van der Waals surface area contributed by atoms with Crippen molar-refractivity contribution in [1.82, 2.24) is 4.90 Å². The Kier molecular flexibility index (Phi) is 6.53. The Morgan fingerprint density at radius 2 is 1.65 bits per heavy atom. The Bertz CT molecular complexity index is 219. The van der Waals surface area contributed by atoms with Crippen LogP contribution < -0.4 is 5.73 Å². The molecule has 98 valence electrons. The maximum Gasteiger partial charge on any atom is 0.0163 e. The Morgan fingerprint density at radius 3 is 2.12 bits per heavy atom. The minimum absolute atomic E-state index is 0.416. The Hall–Kier alpha value is -0.600. The van der Waals surface area contributed by atoms with Gasteiger partial charge in [-0.1, -0.05) is 31.4 Å². The summed E-state index contributed by atoms with van der Waals surface area (Å²) in [6.07, 6.45) is 11.9. The van der Waals surface area contributed by atoms with Crippen molar-refractivity contribution in [1.29, 1.82) is 0 Å². The molecule has 0 unspecified atom stereocenters. The van der Waals surface area contributed by atoms with Gasteiger partial charge in [-0.2, -0.15) is 0 Å². The topological polar surface area (TPSA) is 29.3 Å². The van der Waals surface area contributed by atoms with Crippen molar-refractivity contribution in [3.63, 3.8) is 0 Å². The number of rotatable bonds is 8. The predicted molar refractivity (Wildman–Crippen MR) is 76.0 cm³/mol. The lowest BCUT2D eigenvalue weighted by molar-refractivity contribution is 0.155. The van der Waals surface area contributed by atoms with Crippen LogP contribution >= 0.6 is 0 Å². The van der Waals surface area contributed by atoms with Crippen molar-refractivity contribution in [3.8, 4) is 0 Å². The molecule has 0 amide bonds. The average molecular weight is 236 g/mol. The van der Waals surface area contributed by atoms with Gasteiger partial charge in [0.05, 0.1) is 0 Å². The Morgan fingerprint density at radius 1 is 1.06 bits per heavy atom. The van der Waals surface area contributed by atoms with Crippen LogP contribution in [-0.4, -0.2) is 31.1 Å². The SMILES string of the molecule is C=CCN(CC=C)CCC1(CN)CCCCC1. The highest BCUT2D eigenvalue weighted by Gasteiger charge is 2.30. The maximum atomic E-state index is 6.01. The first kappa shape index (κ1) is 14.5. The molecule has 2 N–H and O–H groups in total. The number of hydrogen-bond donors (Lipinski definition) is 1. The Labute approximate surface area is 107 Å². The van der Waals surface area contributed by atoms with Crippen LogP contribution in [0.5, 0.6) is 0 Å². The molecule has 17 heavy (non-hydrogen) atoms. The highest BCUT2D eigenvalue weighted by atomic mass is 15.1. The zero-order valence-electron chi connectivity index (χ0n) is 11.2. The first-order chi connectivity index (χ1) is 8.26. The van der Waals surface area contributed by atoms with E-state index in [0.29, 0.717) is 5.41 Å². The standard InChI is InChI=1S/C15H28N2/c1-3-11-17(12-4-2)13-10-15(14-16)8-6-5-7-9-15/h3-4H,1-2,5-14,16H2. The molecule has 0 saturated heterocycles. The van der Waals surface area contributed by atoms with Crippen molar-refractivity contribution in [2.75, 3.05) is 26.2 Å². The molecule has 0 spiro atoms. The van der Waals surface area contributed by atoms with E-state index in [1.807, 2.05) is 12.2 Å². The van der Waals surface area contributed by atoms with Crippen LogP contribution in [0.3, 0.4) is 0 Å². The summed E-state index contributed by atoms with van der Waals surface area (Å²) in [5.74, 6) is 0. The second kappa shape index (κ2) is 7.67. The molecule has 0 aromatic rings. The zero-order valence-corrected chi connectivity index (χ0v) is 11.2. The highest BCUT2D eigenvalue weighted by Crippen LogP contribution is 2.38. The van der Waals surface area contributed by atoms with Crippen LogP contribution in [-0.2, 0) is 0 Å². The Balaban J connectivity index is 2.43. The van der Waals surface area contributed by atoms with Gasteiger partial charge in [0, 0.05) is 13.1 Å². The van der Waals surface area contributed by atoms with Gasteiger partial charge < -0.3 is 5.73 Å². The van der Waals surface area contributed by atoms with Gasteiger partial charge >= 0.3 is 0 Å². The average Bonchev–Trinajstić information content (AvgIpc) is 2.38. The van der Waals surface area contributed by atoms with Gasteiger partial charge in [-0.25, -0.2) is 0 Å². The van der Waals surface area contributed by atoms with E-state index < -0.39 is 0 Å². The molecule has 1 rings (SSSR count). The van der Waals surface area contributed by atoms with Gasteiger partial charge in [0.25, 0.3) is 0 Å². The summed E-state index contributed by atoms with van der Waals surface area (Å²) >= 11 is 0. The van der Waals surface area contributed by atoms with Crippen LogP contribution in [0.15, 0.2) is 25.3 Å². The summed E-state index contributed by atoms with van der Waals surface area (Å²) in [6, 6.07) is 0. The minimum Gasteiger partial charge on any atom is -0.330 e. The van der Waals surface area contributed by atoms with Crippen molar-refractivity contribution >= 4 is 0 Å². The zero-order chi connectivity index (χ0) is 12.6. The smallest absolute Gasteiger partial charge is 0.0163 e. The lowest BCUT2D eigenvalue weighted by Crippen LogP contribution is -2.37. The van der Waals surface area contributed by atoms with Crippen molar-refractivity contribution in [2.45, 2.75) is 38.5 Å². The molecule has 1 fully saturated rings. The first-order valence-corrected chi connectivity index (χ1v) is 6.90. The van der Waals surface area contributed by atoms with E-state index in [1.165, 1.54) is 38.5 Å². The van der Waals surface area contributed by atoms with E-state index >= 15 is 0 Å². The normalized spacial score (nSPS) is 19.2. The van der Waals surface area contributed by atoms with Gasteiger partial charge in [0.1, 0.15) is 0 Å². The molecule has 1 aliphatic carbocycles. The van der Waals surface area contributed by atoms with Gasteiger partial charge in [0.15, 0.2) is 0 Å². The van der Waals surface area contributed by atoms with Crippen molar-refractivity contribution in [2.24, 2.45) is 11.1 Å². The van der Waals surface area contributed by atoms with Crippen molar-refractivity contribution in [3.05, 3.63) is 25.3 Å². The molecule has 2 heteroatoms. The van der Waals surface area contributed by atoms with Crippen LogP contribution in [0, 0.1) is 5.41 Å². The molecule has 0 aliphatic heterocycles. The molecule has 1 aliphatic rings. The lowest BCUT2D eigenvalue weighted by atomic mass is 9.72. The minimum atomic E-state index is 0.416. The third kappa shape index (κ3) is 4.64. The largest absolute Gasteiger partial charge is 0.330 e. The molecular weight excluding hydrogens is 208 g/mol. The highest BCUT2D eigenvalue weighted by molar-refractivity contribution is 4.87. The van der Waals surface area contributed by atoms with Crippen LogP contribution in [0.25, 0.3) is 0 Å². The van der Waals surface area contributed by atoms with E-state index in [9.17, 15) is 0 Å². The lowest BCUT2D eigenvalue weighted by Gasteiger charge is -2.37. The third-order valence-corrected chi connectivity index (χ3v) is 4.08. The fraction of sp³-hybridized carbons (Fsp3) is 0.733. The summed E-state index contributed by atoms with van der Waals surface area (Å²) in [5, 5.41) is 0. The van der Waals surface area contributed by atoms with E-state index in [4.69, 9.17) is 5.73 Å². The summed E-state index contributed by atoms with van der Waals surface area (Å²) < 4.78 is 0. The summed E-state index contributed by atoms with van der Waals surface area (Å²) in [6.45, 7) is 11.5.